The van der Waals surface area contributed by atoms with Crippen molar-refractivity contribution in [2.24, 2.45) is 0 Å². The van der Waals surface area contributed by atoms with Crippen LogP contribution in [-0.2, 0) is 9.59 Å². The Kier molecular flexibility index (Phi) is 7.08. The molecule has 148 valence electrons. The molecule has 6 N–H and O–H groups in total. The molecule has 0 spiro atoms. The average Bonchev–Trinajstić information content (AvgIpc) is 2.65. The highest BCUT2D eigenvalue weighted by Gasteiger charge is 2.23. The predicted molar refractivity (Wildman–Crippen MR) is 98.3 cm³/mol. The Morgan fingerprint density at radius 1 is 0.786 bits per heavy atom. The molecule has 2 rings (SSSR count). The zero-order chi connectivity index (χ0) is 20.7. The quantitative estimate of drug-likeness (QED) is 0.329. The summed E-state index contributed by atoms with van der Waals surface area (Å²) in [4.78, 5) is 33.8. The fraction of sp³-hybridized carbons (Fsp3) is 0.211. The number of hydrogen-bond donors (Lipinski definition) is 6. The van der Waals surface area contributed by atoms with Crippen LogP contribution in [0.15, 0.2) is 48.5 Å². The molecule has 2 aromatic carbocycles. The number of aromatic carboxylic acids is 1. The van der Waals surface area contributed by atoms with E-state index in [4.69, 9.17) is 5.11 Å². The van der Waals surface area contributed by atoms with Crippen molar-refractivity contribution in [2.75, 3.05) is 13.1 Å². The minimum absolute atomic E-state index is 0.0431. The van der Waals surface area contributed by atoms with Gasteiger partial charge < -0.3 is 20.4 Å². The Balaban J connectivity index is 1.98. The summed E-state index contributed by atoms with van der Waals surface area (Å²) in [5.41, 5.74) is 0.614. The average molecular weight is 388 g/mol. The van der Waals surface area contributed by atoms with E-state index < -0.39 is 30.0 Å². The summed E-state index contributed by atoms with van der Waals surface area (Å²) in [5.74, 6) is -3.60. The van der Waals surface area contributed by atoms with Gasteiger partial charge in [-0.3, -0.25) is 20.2 Å². The van der Waals surface area contributed by atoms with Crippen molar-refractivity contribution in [1.29, 1.82) is 0 Å². The number of aliphatic carboxylic acids is 2. The Hall–Kier alpha value is -3.43. The molecule has 2 aromatic rings. The molecule has 9 heteroatoms. The predicted octanol–water partition coefficient (Wildman–Crippen LogP) is 1.22. The molecule has 0 saturated heterocycles. The van der Waals surface area contributed by atoms with Gasteiger partial charge in [0.05, 0.1) is 5.56 Å². The molecule has 0 bridgehead atoms. The Morgan fingerprint density at radius 2 is 1.32 bits per heavy atom. The molecule has 0 fully saturated rings. The normalized spacial score (nSPS) is 12.9. The Morgan fingerprint density at radius 3 is 1.82 bits per heavy atom. The zero-order valence-corrected chi connectivity index (χ0v) is 14.7. The zero-order valence-electron chi connectivity index (χ0n) is 14.7. The summed E-state index contributed by atoms with van der Waals surface area (Å²) in [6.07, 6.45) is 0. The second-order valence-electron chi connectivity index (χ2n) is 5.94. The molecular formula is C19H20N2O7. The van der Waals surface area contributed by atoms with Crippen LogP contribution in [0.4, 0.5) is 0 Å². The van der Waals surface area contributed by atoms with Gasteiger partial charge in [-0.15, -0.1) is 0 Å². The van der Waals surface area contributed by atoms with E-state index in [1.165, 1.54) is 36.4 Å². The highest BCUT2D eigenvalue weighted by atomic mass is 16.4. The number of phenols is 1. The molecule has 0 aromatic heterocycles. The van der Waals surface area contributed by atoms with Gasteiger partial charge >= 0.3 is 17.9 Å². The maximum atomic E-state index is 11.5. The number of rotatable bonds is 10. The Bertz CT molecular complexity index is 852. The summed E-state index contributed by atoms with van der Waals surface area (Å²) >= 11 is 0. The SMILES string of the molecule is O=C(O)c1ccc(C(NCCNC(C(=O)O)c2ccccc2O)C(=O)O)cc1. The largest absolute Gasteiger partial charge is 0.508 e. The molecule has 0 aliphatic carbocycles. The minimum Gasteiger partial charge on any atom is -0.508 e. The van der Waals surface area contributed by atoms with E-state index in [9.17, 15) is 29.7 Å². The number of benzene rings is 2. The van der Waals surface area contributed by atoms with Crippen molar-refractivity contribution < 1.29 is 34.8 Å². The molecule has 0 radical (unpaired) electrons. The van der Waals surface area contributed by atoms with Crippen LogP contribution in [0.3, 0.4) is 0 Å². The van der Waals surface area contributed by atoms with Crippen LogP contribution in [0.5, 0.6) is 5.75 Å². The number of carboxylic acid groups (broad SMARTS) is 3. The van der Waals surface area contributed by atoms with Gasteiger partial charge in [0.15, 0.2) is 0 Å². The molecule has 0 aliphatic heterocycles. The van der Waals surface area contributed by atoms with Crippen molar-refractivity contribution in [3.8, 4) is 5.75 Å². The van der Waals surface area contributed by atoms with Crippen molar-refractivity contribution in [2.45, 2.75) is 12.1 Å². The van der Waals surface area contributed by atoms with Crippen LogP contribution in [-0.4, -0.2) is 51.4 Å². The number of carbonyl (C=O) groups is 3. The summed E-state index contributed by atoms with van der Waals surface area (Å²) < 4.78 is 0. The summed E-state index contributed by atoms with van der Waals surface area (Å²) in [6, 6.07) is 9.25. The van der Waals surface area contributed by atoms with Crippen LogP contribution >= 0.6 is 0 Å². The molecule has 0 aliphatic rings. The smallest absolute Gasteiger partial charge is 0.335 e. The first-order valence-electron chi connectivity index (χ1n) is 8.34. The lowest BCUT2D eigenvalue weighted by molar-refractivity contribution is -0.141. The molecule has 0 saturated carbocycles. The summed E-state index contributed by atoms with van der Waals surface area (Å²) in [5, 5.41) is 43.0. The number of carboxylic acids is 3. The minimum atomic E-state index is -1.18. The molecular weight excluding hydrogens is 368 g/mol. The second kappa shape index (κ2) is 9.49. The van der Waals surface area contributed by atoms with Gasteiger partial charge in [-0.1, -0.05) is 30.3 Å². The third-order valence-electron chi connectivity index (χ3n) is 4.05. The lowest BCUT2D eigenvalue weighted by Gasteiger charge is -2.18. The van der Waals surface area contributed by atoms with E-state index in [1.54, 1.807) is 12.1 Å². The van der Waals surface area contributed by atoms with Crippen LogP contribution in [0.25, 0.3) is 0 Å². The number of para-hydroxylation sites is 1. The first-order valence-corrected chi connectivity index (χ1v) is 8.34. The Labute approximate surface area is 160 Å². The van der Waals surface area contributed by atoms with Gasteiger partial charge in [0.1, 0.15) is 17.8 Å². The van der Waals surface area contributed by atoms with E-state index in [1.807, 2.05) is 0 Å². The van der Waals surface area contributed by atoms with E-state index in [2.05, 4.69) is 10.6 Å². The first kappa shape index (κ1) is 20.9. The van der Waals surface area contributed by atoms with Gasteiger partial charge in [-0.25, -0.2) is 4.79 Å². The van der Waals surface area contributed by atoms with E-state index >= 15 is 0 Å². The van der Waals surface area contributed by atoms with Crippen molar-refractivity contribution in [1.82, 2.24) is 10.6 Å². The van der Waals surface area contributed by atoms with Gasteiger partial charge in [-0.2, -0.15) is 0 Å². The lowest BCUT2D eigenvalue weighted by atomic mass is 10.0. The second-order valence-corrected chi connectivity index (χ2v) is 5.94. The van der Waals surface area contributed by atoms with Gasteiger partial charge in [0.2, 0.25) is 0 Å². The standard InChI is InChI=1S/C19H20N2O7/c22-14-4-2-1-3-13(14)16(19(27)28)21-10-9-20-15(18(25)26)11-5-7-12(8-6-11)17(23)24/h1-8,15-16,20-22H,9-10H2,(H,23,24)(H,25,26)(H,27,28). The van der Waals surface area contributed by atoms with Gasteiger partial charge in [0.25, 0.3) is 0 Å². The highest BCUT2D eigenvalue weighted by molar-refractivity contribution is 5.87. The first-order chi connectivity index (χ1) is 13.3. The molecule has 2 atom stereocenters. The van der Waals surface area contributed by atoms with Crippen LogP contribution < -0.4 is 10.6 Å². The number of aromatic hydroxyl groups is 1. The fourth-order valence-electron chi connectivity index (χ4n) is 2.66. The van der Waals surface area contributed by atoms with E-state index in [0.717, 1.165) is 0 Å². The molecule has 0 amide bonds. The van der Waals surface area contributed by atoms with E-state index in [-0.39, 0.29) is 30.0 Å². The van der Waals surface area contributed by atoms with Crippen molar-refractivity contribution in [3.05, 3.63) is 65.2 Å². The molecule has 9 nitrogen and oxygen atoms in total. The topological polar surface area (TPSA) is 156 Å². The van der Waals surface area contributed by atoms with E-state index in [0.29, 0.717) is 5.56 Å². The molecule has 0 heterocycles. The van der Waals surface area contributed by atoms with Gasteiger partial charge in [-0.05, 0) is 23.8 Å². The number of nitrogens with one attached hydrogen (secondary N) is 2. The highest BCUT2D eigenvalue weighted by Crippen LogP contribution is 2.23. The van der Waals surface area contributed by atoms with Crippen LogP contribution in [0, 0.1) is 0 Å². The monoisotopic (exact) mass is 388 g/mol. The molecule has 2 unspecified atom stereocenters. The summed E-state index contributed by atoms with van der Waals surface area (Å²) in [7, 11) is 0. The maximum absolute atomic E-state index is 11.5. The molecule has 28 heavy (non-hydrogen) atoms. The summed E-state index contributed by atoms with van der Waals surface area (Å²) in [6.45, 7) is 0.233. The van der Waals surface area contributed by atoms with Crippen molar-refractivity contribution >= 4 is 17.9 Å². The maximum Gasteiger partial charge on any atom is 0.335 e. The lowest BCUT2D eigenvalue weighted by Crippen LogP contribution is -2.37. The van der Waals surface area contributed by atoms with Crippen LogP contribution in [0.2, 0.25) is 0 Å². The fourth-order valence-corrected chi connectivity index (χ4v) is 2.66. The number of phenolic OH excluding ortho intramolecular Hbond substituents is 1. The van der Waals surface area contributed by atoms with Gasteiger partial charge in [0, 0.05) is 18.7 Å². The van der Waals surface area contributed by atoms with Crippen LogP contribution in [0.1, 0.15) is 33.6 Å². The third-order valence-corrected chi connectivity index (χ3v) is 4.05. The number of hydrogen-bond acceptors (Lipinski definition) is 6. The third kappa shape index (κ3) is 5.29. The van der Waals surface area contributed by atoms with Crippen molar-refractivity contribution in [3.63, 3.8) is 0 Å².